The molecule has 1 heterocycles. The van der Waals surface area contributed by atoms with E-state index in [1.807, 2.05) is 0 Å². The summed E-state index contributed by atoms with van der Waals surface area (Å²) in [5.74, 6) is -1.13. The van der Waals surface area contributed by atoms with Gasteiger partial charge in [-0.25, -0.2) is 9.78 Å². The third-order valence-corrected chi connectivity index (χ3v) is 4.17. The van der Waals surface area contributed by atoms with E-state index in [2.05, 4.69) is 10.3 Å². The summed E-state index contributed by atoms with van der Waals surface area (Å²) in [5, 5.41) is 14.0. The quantitative estimate of drug-likeness (QED) is 0.505. The molecule has 1 aromatic heterocycles. The molecule has 0 fully saturated rings. The van der Waals surface area contributed by atoms with Crippen LogP contribution in [0.4, 0.5) is 11.4 Å². The van der Waals surface area contributed by atoms with Crippen LogP contribution in [-0.4, -0.2) is 28.4 Å². The summed E-state index contributed by atoms with van der Waals surface area (Å²) in [4.78, 5) is 38.5. The zero-order valence-electron chi connectivity index (χ0n) is 13.3. The van der Waals surface area contributed by atoms with E-state index < -0.39 is 23.4 Å². The topological polar surface area (TPSA) is 111 Å². The van der Waals surface area contributed by atoms with E-state index in [1.165, 1.54) is 29.5 Å². The third kappa shape index (κ3) is 4.13. The number of nitrogens with zero attached hydrogens (tertiary/aromatic N) is 2. The first-order valence-corrected chi connectivity index (χ1v) is 7.75. The smallest absolute Gasteiger partial charge is 0.350 e. The van der Waals surface area contributed by atoms with Crippen LogP contribution in [0.25, 0.3) is 0 Å². The lowest BCUT2D eigenvalue weighted by molar-refractivity contribution is -0.384. The van der Waals surface area contributed by atoms with Crippen LogP contribution in [0, 0.1) is 30.9 Å². The van der Waals surface area contributed by atoms with Crippen molar-refractivity contribution in [1.82, 2.24) is 4.98 Å². The Bertz CT molecular complexity index is 815. The number of ether oxygens (including phenoxy) is 1. The number of carbonyl (C=O) groups is 2. The number of hydrogen-bond acceptors (Lipinski definition) is 7. The lowest BCUT2D eigenvalue weighted by Crippen LogP contribution is -2.21. The van der Waals surface area contributed by atoms with Crippen LogP contribution in [-0.2, 0) is 9.53 Å². The molecule has 0 spiro atoms. The molecule has 0 radical (unpaired) electrons. The van der Waals surface area contributed by atoms with Gasteiger partial charge in [-0.15, -0.1) is 11.3 Å². The lowest BCUT2D eigenvalue weighted by Gasteiger charge is -2.08. The lowest BCUT2D eigenvalue weighted by atomic mass is 10.2. The summed E-state index contributed by atoms with van der Waals surface area (Å²) in [6.45, 7) is 4.66. The van der Waals surface area contributed by atoms with E-state index in [4.69, 9.17) is 4.74 Å². The number of anilines is 1. The number of nitro benzene ring substituents is 1. The van der Waals surface area contributed by atoms with Crippen LogP contribution in [0.2, 0.25) is 0 Å². The van der Waals surface area contributed by atoms with E-state index in [-0.39, 0.29) is 5.69 Å². The van der Waals surface area contributed by atoms with Gasteiger partial charge in [0, 0.05) is 17.8 Å². The van der Waals surface area contributed by atoms with Gasteiger partial charge in [0.25, 0.3) is 11.6 Å². The second-order valence-electron chi connectivity index (χ2n) is 5.03. The van der Waals surface area contributed by atoms with Crippen molar-refractivity contribution in [3.8, 4) is 0 Å². The highest BCUT2D eigenvalue weighted by atomic mass is 32.1. The van der Waals surface area contributed by atoms with Crippen molar-refractivity contribution >= 4 is 34.6 Å². The molecular formula is C15H15N3O5S. The van der Waals surface area contributed by atoms with Gasteiger partial charge in [-0.2, -0.15) is 0 Å². The maximum absolute atomic E-state index is 11.9. The number of non-ortho nitro benzene ring substituents is 1. The number of rotatable bonds is 5. The number of aromatic nitrogens is 1. The number of nitro groups is 1. The van der Waals surface area contributed by atoms with Gasteiger partial charge >= 0.3 is 5.97 Å². The predicted molar refractivity (Wildman–Crippen MR) is 88.3 cm³/mol. The number of thiazole rings is 1. The van der Waals surface area contributed by atoms with Gasteiger partial charge in [0.05, 0.1) is 15.6 Å². The van der Waals surface area contributed by atoms with Gasteiger partial charge in [-0.3, -0.25) is 14.9 Å². The molecule has 1 N–H and O–H groups in total. The fraction of sp³-hybridized carbons (Fsp3) is 0.267. The Hall–Kier alpha value is -2.81. The maximum atomic E-state index is 11.9. The fourth-order valence-corrected chi connectivity index (χ4v) is 2.82. The van der Waals surface area contributed by atoms with Crippen molar-refractivity contribution in [3.05, 3.63) is 49.5 Å². The standard InChI is InChI=1S/C15H15N3O5S/c1-8-6-11(18(21)22)4-5-12(8)17-13(19)7-23-15(20)14-9(2)16-10(3)24-14/h4-6H,7H2,1-3H3,(H,17,19). The number of carbonyl (C=O) groups excluding carboxylic acids is 2. The number of hydrogen-bond donors (Lipinski definition) is 1. The van der Waals surface area contributed by atoms with E-state index in [9.17, 15) is 19.7 Å². The first kappa shape index (κ1) is 17.5. The number of benzene rings is 1. The van der Waals surface area contributed by atoms with E-state index in [0.29, 0.717) is 21.8 Å². The second-order valence-corrected chi connectivity index (χ2v) is 6.23. The zero-order valence-corrected chi connectivity index (χ0v) is 14.1. The summed E-state index contributed by atoms with van der Waals surface area (Å²) >= 11 is 1.20. The first-order valence-electron chi connectivity index (χ1n) is 6.94. The minimum Gasteiger partial charge on any atom is -0.451 e. The van der Waals surface area contributed by atoms with Gasteiger partial charge in [0.1, 0.15) is 4.88 Å². The molecule has 0 unspecified atom stereocenters. The highest BCUT2D eigenvalue weighted by molar-refractivity contribution is 7.13. The molecule has 0 aliphatic rings. The third-order valence-electron chi connectivity index (χ3n) is 3.12. The average Bonchev–Trinajstić information content (AvgIpc) is 2.85. The van der Waals surface area contributed by atoms with Gasteiger partial charge in [-0.05, 0) is 32.4 Å². The Morgan fingerprint density at radius 3 is 2.58 bits per heavy atom. The Balaban J connectivity index is 1.95. The number of amides is 1. The predicted octanol–water partition coefficient (Wildman–Crippen LogP) is 2.77. The molecule has 0 bridgehead atoms. The zero-order chi connectivity index (χ0) is 17.9. The molecule has 0 aliphatic heterocycles. The monoisotopic (exact) mass is 349 g/mol. The number of aryl methyl sites for hydroxylation is 3. The van der Waals surface area contributed by atoms with Crippen molar-refractivity contribution in [2.75, 3.05) is 11.9 Å². The van der Waals surface area contributed by atoms with Crippen molar-refractivity contribution < 1.29 is 19.2 Å². The molecule has 8 nitrogen and oxygen atoms in total. The molecule has 0 saturated heterocycles. The molecule has 1 aromatic carbocycles. The summed E-state index contributed by atoms with van der Waals surface area (Å²) in [7, 11) is 0. The van der Waals surface area contributed by atoms with Crippen molar-refractivity contribution in [2.45, 2.75) is 20.8 Å². The van der Waals surface area contributed by atoms with Crippen molar-refractivity contribution in [1.29, 1.82) is 0 Å². The molecule has 0 atom stereocenters. The van der Waals surface area contributed by atoms with Gasteiger partial charge in [-0.1, -0.05) is 0 Å². The maximum Gasteiger partial charge on any atom is 0.350 e. The van der Waals surface area contributed by atoms with Crippen LogP contribution >= 0.6 is 11.3 Å². The average molecular weight is 349 g/mol. The van der Waals surface area contributed by atoms with Crippen molar-refractivity contribution in [2.24, 2.45) is 0 Å². The molecule has 0 saturated carbocycles. The van der Waals surface area contributed by atoms with Crippen molar-refractivity contribution in [3.63, 3.8) is 0 Å². The highest BCUT2D eigenvalue weighted by Gasteiger charge is 2.17. The largest absolute Gasteiger partial charge is 0.451 e. The van der Waals surface area contributed by atoms with Crippen LogP contribution < -0.4 is 5.32 Å². The second kappa shape index (κ2) is 7.18. The van der Waals surface area contributed by atoms with E-state index in [0.717, 1.165) is 5.01 Å². The highest BCUT2D eigenvalue weighted by Crippen LogP contribution is 2.21. The van der Waals surface area contributed by atoms with Gasteiger partial charge < -0.3 is 10.1 Å². The molecule has 0 aliphatic carbocycles. The SMILES string of the molecule is Cc1nc(C)c(C(=O)OCC(=O)Nc2ccc([N+](=O)[O-])cc2C)s1. The normalized spacial score (nSPS) is 10.3. The Morgan fingerprint density at radius 1 is 1.33 bits per heavy atom. The fourth-order valence-electron chi connectivity index (χ4n) is 2.01. The molecule has 24 heavy (non-hydrogen) atoms. The Morgan fingerprint density at radius 2 is 2.04 bits per heavy atom. The summed E-state index contributed by atoms with van der Waals surface area (Å²) in [5.41, 5.74) is 1.46. The number of esters is 1. The molecule has 9 heteroatoms. The first-order chi connectivity index (χ1) is 11.3. The number of nitrogens with one attached hydrogen (secondary N) is 1. The molecule has 2 aromatic rings. The van der Waals surface area contributed by atoms with E-state index in [1.54, 1.807) is 20.8 Å². The molecule has 126 valence electrons. The summed E-state index contributed by atoms with van der Waals surface area (Å²) in [6.07, 6.45) is 0. The summed E-state index contributed by atoms with van der Waals surface area (Å²) < 4.78 is 4.97. The van der Waals surface area contributed by atoms with Crippen LogP contribution in [0.15, 0.2) is 18.2 Å². The van der Waals surface area contributed by atoms with Crippen LogP contribution in [0.5, 0.6) is 0 Å². The minimum atomic E-state index is -0.603. The summed E-state index contributed by atoms with van der Waals surface area (Å²) in [6, 6.07) is 4.08. The van der Waals surface area contributed by atoms with Crippen LogP contribution in [0.3, 0.4) is 0 Å². The van der Waals surface area contributed by atoms with Gasteiger partial charge in [0.2, 0.25) is 0 Å². The molecule has 1 amide bonds. The molecular weight excluding hydrogens is 334 g/mol. The van der Waals surface area contributed by atoms with Crippen LogP contribution in [0.1, 0.15) is 25.9 Å². The minimum absolute atomic E-state index is 0.0621. The Kier molecular flexibility index (Phi) is 5.24. The van der Waals surface area contributed by atoms with Gasteiger partial charge in [0.15, 0.2) is 6.61 Å². The molecule has 2 rings (SSSR count). The Labute approximate surface area is 141 Å². The van der Waals surface area contributed by atoms with E-state index >= 15 is 0 Å².